The Morgan fingerprint density at radius 1 is 1.18 bits per heavy atom. The third-order valence-corrected chi connectivity index (χ3v) is 3.10. The standard InChI is InChI=1S/C15H19NO/c1-4-17-15-13(11(2)16-3)10-9-12-7-5-6-8-14(12)15/h5-11,16H,4H2,1-3H3. The average molecular weight is 229 g/mol. The molecule has 0 aliphatic rings. The molecular weight excluding hydrogens is 210 g/mol. The average Bonchev–Trinajstić information content (AvgIpc) is 2.38. The normalized spacial score (nSPS) is 12.6. The fraction of sp³-hybridized carbons (Fsp3) is 0.333. The molecule has 2 rings (SSSR count). The summed E-state index contributed by atoms with van der Waals surface area (Å²) in [5.41, 5.74) is 1.22. The Morgan fingerprint density at radius 2 is 1.94 bits per heavy atom. The Morgan fingerprint density at radius 3 is 2.65 bits per heavy atom. The van der Waals surface area contributed by atoms with E-state index < -0.39 is 0 Å². The Labute approximate surface area is 103 Å². The van der Waals surface area contributed by atoms with Gasteiger partial charge in [0.25, 0.3) is 0 Å². The van der Waals surface area contributed by atoms with E-state index in [4.69, 9.17) is 4.74 Å². The quantitative estimate of drug-likeness (QED) is 0.866. The number of fused-ring (bicyclic) bond motifs is 1. The van der Waals surface area contributed by atoms with Crippen LogP contribution in [0.25, 0.3) is 10.8 Å². The zero-order chi connectivity index (χ0) is 12.3. The van der Waals surface area contributed by atoms with E-state index in [0.29, 0.717) is 12.6 Å². The molecule has 0 fully saturated rings. The van der Waals surface area contributed by atoms with E-state index in [2.05, 4.69) is 48.6 Å². The molecule has 0 aliphatic heterocycles. The Bertz CT molecular complexity index is 507. The van der Waals surface area contributed by atoms with Crippen molar-refractivity contribution in [3.8, 4) is 5.75 Å². The van der Waals surface area contributed by atoms with Gasteiger partial charge in [0.2, 0.25) is 0 Å². The Hall–Kier alpha value is -1.54. The van der Waals surface area contributed by atoms with Gasteiger partial charge in [0.15, 0.2) is 0 Å². The van der Waals surface area contributed by atoms with Crippen molar-refractivity contribution in [1.82, 2.24) is 5.32 Å². The van der Waals surface area contributed by atoms with Crippen LogP contribution in [0.4, 0.5) is 0 Å². The number of nitrogens with one attached hydrogen (secondary N) is 1. The highest BCUT2D eigenvalue weighted by atomic mass is 16.5. The van der Waals surface area contributed by atoms with Gasteiger partial charge in [0.1, 0.15) is 5.75 Å². The molecule has 1 N–H and O–H groups in total. The predicted molar refractivity (Wildman–Crippen MR) is 72.6 cm³/mol. The molecule has 0 saturated carbocycles. The zero-order valence-corrected chi connectivity index (χ0v) is 10.7. The topological polar surface area (TPSA) is 21.3 Å². The summed E-state index contributed by atoms with van der Waals surface area (Å²) in [6, 6.07) is 12.9. The summed E-state index contributed by atoms with van der Waals surface area (Å²) in [6.45, 7) is 4.86. The maximum atomic E-state index is 5.83. The van der Waals surface area contributed by atoms with Crippen molar-refractivity contribution in [2.45, 2.75) is 19.9 Å². The summed E-state index contributed by atoms with van der Waals surface area (Å²) >= 11 is 0. The molecule has 0 heterocycles. The minimum atomic E-state index is 0.293. The smallest absolute Gasteiger partial charge is 0.131 e. The summed E-state index contributed by atoms with van der Waals surface area (Å²) in [6.07, 6.45) is 0. The van der Waals surface area contributed by atoms with Gasteiger partial charge in [-0.15, -0.1) is 0 Å². The molecule has 1 atom stereocenters. The van der Waals surface area contributed by atoms with E-state index >= 15 is 0 Å². The van der Waals surface area contributed by atoms with Crippen LogP contribution in [-0.4, -0.2) is 13.7 Å². The van der Waals surface area contributed by atoms with Crippen LogP contribution in [-0.2, 0) is 0 Å². The predicted octanol–water partition coefficient (Wildman–Crippen LogP) is 3.52. The lowest BCUT2D eigenvalue weighted by atomic mass is 10.0. The largest absolute Gasteiger partial charge is 0.493 e. The first-order valence-electron chi connectivity index (χ1n) is 6.09. The number of ether oxygens (including phenoxy) is 1. The van der Waals surface area contributed by atoms with Gasteiger partial charge in [-0.2, -0.15) is 0 Å². The molecule has 2 aromatic rings. The maximum absolute atomic E-state index is 5.83. The van der Waals surface area contributed by atoms with E-state index in [0.717, 1.165) is 5.75 Å². The van der Waals surface area contributed by atoms with Gasteiger partial charge in [-0.3, -0.25) is 0 Å². The summed E-state index contributed by atoms with van der Waals surface area (Å²) in [5, 5.41) is 5.68. The van der Waals surface area contributed by atoms with Gasteiger partial charge in [-0.25, -0.2) is 0 Å². The summed E-state index contributed by atoms with van der Waals surface area (Å²) in [7, 11) is 1.97. The van der Waals surface area contributed by atoms with Gasteiger partial charge in [0, 0.05) is 17.0 Å². The van der Waals surface area contributed by atoms with E-state index in [9.17, 15) is 0 Å². The first-order valence-corrected chi connectivity index (χ1v) is 6.09. The number of benzene rings is 2. The Kier molecular flexibility index (Phi) is 3.64. The van der Waals surface area contributed by atoms with Crippen molar-refractivity contribution in [2.75, 3.05) is 13.7 Å². The molecule has 0 amide bonds. The highest BCUT2D eigenvalue weighted by Crippen LogP contribution is 2.33. The van der Waals surface area contributed by atoms with Gasteiger partial charge in [0.05, 0.1) is 6.61 Å². The molecule has 2 nitrogen and oxygen atoms in total. The summed E-state index contributed by atoms with van der Waals surface area (Å²) in [5.74, 6) is 1.01. The molecule has 0 aliphatic carbocycles. The molecule has 0 aromatic heterocycles. The highest BCUT2D eigenvalue weighted by molar-refractivity contribution is 5.89. The van der Waals surface area contributed by atoms with E-state index in [-0.39, 0.29) is 0 Å². The molecular formula is C15H19NO. The van der Waals surface area contributed by atoms with Crippen LogP contribution in [0.15, 0.2) is 36.4 Å². The second-order valence-corrected chi connectivity index (χ2v) is 4.15. The molecule has 90 valence electrons. The van der Waals surface area contributed by atoms with Gasteiger partial charge >= 0.3 is 0 Å². The van der Waals surface area contributed by atoms with Crippen LogP contribution in [0.3, 0.4) is 0 Å². The fourth-order valence-electron chi connectivity index (χ4n) is 2.06. The number of rotatable bonds is 4. The SMILES string of the molecule is CCOc1c(C(C)NC)ccc2ccccc12. The minimum Gasteiger partial charge on any atom is -0.493 e. The molecule has 0 bridgehead atoms. The van der Waals surface area contributed by atoms with Crippen LogP contribution in [0.1, 0.15) is 25.5 Å². The van der Waals surface area contributed by atoms with Crippen LogP contribution in [0.2, 0.25) is 0 Å². The maximum Gasteiger partial charge on any atom is 0.131 e. The first kappa shape index (κ1) is 11.9. The van der Waals surface area contributed by atoms with Crippen LogP contribution in [0.5, 0.6) is 5.75 Å². The van der Waals surface area contributed by atoms with E-state index in [1.807, 2.05) is 14.0 Å². The van der Waals surface area contributed by atoms with E-state index in [1.54, 1.807) is 0 Å². The molecule has 0 saturated heterocycles. The zero-order valence-electron chi connectivity index (χ0n) is 10.7. The monoisotopic (exact) mass is 229 g/mol. The van der Waals surface area contributed by atoms with Crippen molar-refractivity contribution >= 4 is 10.8 Å². The molecule has 0 radical (unpaired) electrons. The summed E-state index contributed by atoms with van der Waals surface area (Å²) in [4.78, 5) is 0. The van der Waals surface area contributed by atoms with Crippen molar-refractivity contribution in [2.24, 2.45) is 0 Å². The van der Waals surface area contributed by atoms with Crippen LogP contribution < -0.4 is 10.1 Å². The van der Waals surface area contributed by atoms with Crippen LogP contribution >= 0.6 is 0 Å². The fourth-order valence-corrected chi connectivity index (χ4v) is 2.06. The number of hydrogen-bond donors (Lipinski definition) is 1. The molecule has 17 heavy (non-hydrogen) atoms. The lowest BCUT2D eigenvalue weighted by Crippen LogP contribution is -2.14. The van der Waals surface area contributed by atoms with E-state index in [1.165, 1.54) is 16.3 Å². The second kappa shape index (κ2) is 5.19. The molecule has 2 heteroatoms. The third kappa shape index (κ3) is 2.27. The van der Waals surface area contributed by atoms with Crippen molar-refractivity contribution < 1.29 is 4.74 Å². The van der Waals surface area contributed by atoms with Crippen molar-refractivity contribution in [3.63, 3.8) is 0 Å². The first-order chi connectivity index (χ1) is 8.27. The Balaban J connectivity index is 2.63. The highest BCUT2D eigenvalue weighted by Gasteiger charge is 2.12. The van der Waals surface area contributed by atoms with Gasteiger partial charge in [-0.1, -0.05) is 36.4 Å². The number of hydrogen-bond acceptors (Lipinski definition) is 2. The molecule has 0 spiro atoms. The van der Waals surface area contributed by atoms with Crippen LogP contribution in [0, 0.1) is 0 Å². The van der Waals surface area contributed by atoms with Crippen molar-refractivity contribution in [3.05, 3.63) is 42.0 Å². The molecule has 1 unspecified atom stereocenters. The third-order valence-electron chi connectivity index (χ3n) is 3.10. The minimum absolute atomic E-state index is 0.293. The lowest BCUT2D eigenvalue weighted by molar-refractivity contribution is 0.337. The van der Waals surface area contributed by atoms with Crippen molar-refractivity contribution in [1.29, 1.82) is 0 Å². The van der Waals surface area contributed by atoms with Gasteiger partial charge < -0.3 is 10.1 Å². The second-order valence-electron chi connectivity index (χ2n) is 4.15. The van der Waals surface area contributed by atoms with Gasteiger partial charge in [-0.05, 0) is 26.3 Å². The summed E-state index contributed by atoms with van der Waals surface area (Å²) < 4.78 is 5.83. The lowest BCUT2D eigenvalue weighted by Gasteiger charge is -2.18. The molecule has 2 aromatic carbocycles.